The second-order valence-corrected chi connectivity index (χ2v) is 4.39. The topological polar surface area (TPSA) is 39.2 Å². The van der Waals surface area contributed by atoms with Crippen LogP contribution in [0.15, 0.2) is 27.3 Å². The zero-order chi connectivity index (χ0) is 10.1. The van der Waals surface area contributed by atoms with Crippen molar-refractivity contribution >= 4 is 38.5 Å². The summed E-state index contributed by atoms with van der Waals surface area (Å²) >= 11 is 9.42. The quantitative estimate of drug-likeness (QED) is 0.912. The van der Waals surface area contributed by atoms with Crippen LogP contribution in [-0.4, -0.2) is 6.54 Å². The molecule has 0 aliphatic heterocycles. The fourth-order valence-electron chi connectivity index (χ4n) is 1.46. The molecule has 0 amide bonds. The van der Waals surface area contributed by atoms with Crippen molar-refractivity contribution in [3.63, 3.8) is 0 Å². The van der Waals surface area contributed by atoms with Crippen LogP contribution in [0.25, 0.3) is 11.0 Å². The van der Waals surface area contributed by atoms with Gasteiger partial charge < -0.3 is 10.2 Å². The zero-order valence-corrected chi connectivity index (χ0v) is 9.73. The summed E-state index contributed by atoms with van der Waals surface area (Å²) in [7, 11) is 0. The molecule has 0 radical (unpaired) electrons. The van der Waals surface area contributed by atoms with Gasteiger partial charge in [-0.25, -0.2) is 0 Å². The maximum absolute atomic E-state index is 6.02. The normalized spacial score (nSPS) is 11.1. The Morgan fingerprint density at radius 1 is 1.43 bits per heavy atom. The molecule has 0 fully saturated rings. The molecule has 14 heavy (non-hydrogen) atoms. The molecule has 74 valence electrons. The minimum Gasteiger partial charge on any atom is -0.462 e. The van der Waals surface area contributed by atoms with Crippen molar-refractivity contribution < 1.29 is 4.42 Å². The van der Waals surface area contributed by atoms with E-state index in [2.05, 4.69) is 15.9 Å². The third kappa shape index (κ3) is 1.67. The summed E-state index contributed by atoms with van der Waals surface area (Å²) in [5, 5.41) is 1.66. The van der Waals surface area contributed by atoms with Gasteiger partial charge in [0, 0.05) is 9.86 Å². The van der Waals surface area contributed by atoms with Crippen LogP contribution in [0, 0.1) is 0 Å². The van der Waals surface area contributed by atoms with E-state index in [1.807, 2.05) is 12.1 Å². The van der Waals surface area contributed by atoms with Crippen molar-refractivity contribution in [3.05, 3.63) is 33.5 Å². The Balaban J connectivity index is 2.66. The molecule has 1 aromatic carbocycles. The predicted molar refractivity (Wildman–Crippen MR) is 61.7 cm³/mol. The number of furan rings is 1. The molecule has 2 N–H and O–H groups in total. The van der Waals surface area contributed by atoms with E-state index in [9.17, 15) is 0 Å². The Kier molecular flexibility index (Phi) is 2.81. The molecule has 1 heterocycles. The average molecular weight is 275 g/mol. The number of hydrogen-bond acceptors (Lipinski definition) is 2. The van der Waals surface area contributed by atoms with Crippen molar-refractivity contribution in [2.24, 2.45) is 5.73 Å². The van der Waals surface area contributed by atoms with Crippen LogP contribution in [0.2, 0.25) is 5.02 Å². The van der Waals surface area contributed by atoms with Gasteiger partial charge in [0.15, 0.2) is 5.58 Å². The number of hydrogen-bond donors (Lipinski definition) is 1. The fraction of sp³-hybridized carbons (Fsp3) is 0.200. The van der Waals surface area contributed by atoms with E-state index in [4.69, 9.17) is 21.8 Å². The van der Waals surface area contributed by atoms with Crippen molar-refractivity contribution in [3.8, 4) is 0 Å². The lowest BCUT2D eigenvalue weighted by molar-refractivity contribution is 0.610. The summed E-state index contributed by atoms with van der Waals surface area (Å²) in [5.74, 6) is 0. The van der Waals surface area contributed by atoms with Crippen molar-refractivity contribution in [2.45, 2.75) is 6.42 Å². The molecule has 0 atom stereocenters. The molecular weight excluding hydrogens is 265 g/mol. The van der Waals surface area contributed by atoms with Crippen LogP contribution in [0.5, 0.6) is 0 Å². The lowest BCUT2D eigenvalue weighted by Crippen LogP contribution is -2.01. The van der Waals surface area contributed by atoms with Crippen molar-refractivity contribution in [1.29, 1.82) is 0 Å². The monoisotopic (exact) mass is 273 g/mol. The smallest absolute Gasteiger partial charge is 0.152 e. The van der Waals surface area contributed by atoms with Crippen LogP contribution in [-0.2, 0) is 6.42 Å². The Morgan fingerprint density at radius 3 is 2.93 bits per heavy atom. The minimum absolute atomic E-state index is 0.610. The number of rotatable bonds is 2. The van der Waals surface area contributed by atoms with Crippen LogP contribution >= 0.6 is 27.5 Å². The van der Waals surface area contributed by atoms with Gasteiger partial charge in [-0.2, -0.15) is 0 Å². The van der Waals surface area contributed by atoms with Crippen LogP contribution < -0.4 is 5.73 Å². The highest BCUT2D eigenvalue weighted by Gasteiger charge is 2.09. The van der Waals surface area contributed by atoms with Crippen LogP contribution in [0.3, 0.4) is 0 Å². The number of benzene rings is 1. The van der Waals surface area contributed by atoms with Crippen molar-refractivity contribution in [1.82, 2.24) is 0 Å². The fourth-order valence-corrected chi connectivity index (χ4v) is 2.31. The van der Waals surface area contributed by atoms with E-state index in [0.717, 1.165) is 27.4 Å². The molecule has 0 unspecified atom stereocenters. The van der Waals surface area contributed by atoms with E-state index >= 15 is 0 Å². The first-order chi connectivity index (χ1) is 6.72. The van der Waals surface area contributed by atoms with E-state index in [1.165, 1.54) is 0 Å². The van der Waals surface area contributed by atoms with Crippen molar-refractivity contribution in [2.75, 3.05) is 6.54 Å². The molecule has 0 aliphatic rings. The summed E-state index contributed by atoms with van der Waals surface area (Å²) in [5.41, 5.74) is 7.34. The molecule has 2 nitrogen and oxygen atoms in total. The molecule has 0 bridgehead atoms. The number of halogens is 2. The van der Waals surface area contributed by atoms with Gasteiger partial charge in [-0.05, 0) is 30.7 Å². The standard InChI is InChI=1S/C10H9BrClNO/c11-7-3-8-6(1-2-13)5-14-10(8)9(12)4-7/h3-5H,1-2,13H2. The molecule has 1 aromatic heterocycles. The first-order valence-electron chi connectivity index (χ1n) is 4.27. The maximum atomic E-state index is 6.02. The first kappa shape index (κ1) is 10.0. The maximum Gasteiger partial charge on any atom is 0.152 e. The van der Waals surface area contributed by atoms with Crippen LogP contribution in [0.1, 0.15) is 5.56 Å². The average Bonchev–Trinajstić information content (AvgIpc) is 2.49. The summed E-state index contributed by atoms with van der Waals surface area (Å²) in [4.78, 5) is 0. The zero-order valence-electron chi connectivity index (χ0n) is 7.39. The lowest BCUT2D eigenvalue weighted by atomic mass is 10.1. The van der Waals surface area contributed by atoms with Gasteiger partial charge in [0.05, 0.1) is 11.3 Å². The predicted octanol–water partition coefficient (Wildman–Crippen LogP) is 3.35. The van der Waals surface area contributed by atoms with Gasteiger partial charge >= 0.3 is 0 Å². The second kappa shape index (κ2) is 3.93. The van der Waals surface area contributed by atoms with E-state index in [-0.39, 0.29) is 0 Å². The minimum atomic E-state index is 0.610. The van der Waals surface area contributed by atoms with Crippen LogP contribution in [0.4, 0.5) is 0 Å². The van der Waals surface area contributed by atoms with Gasteiger partial charge in [0.1, 0.15) is 0 Å². The molecule has 0 spiro atoms. The Bertz CT molecular complexity index is 466. The Morgan fingerprint density at radius 2 is 2.21 bits per heavy atom. The summed E-state index contributed by atoms with van der Waals surface area (Å²) in [6.45, 7) is 0.610. The third-order valence-corrected chi connectivity index (χ3v) is 2.83. The Labute approximate surface area is 95.1 Å². The second-order valence-electron chi connectivity index (χ2n) is 3.06. The van der Waals surface area contributed by atoms with E-state index < -0.39 is 0 Å². The van der Waals surface area contributed by atoms with Gasteiger partial charge in [-0.1, -0.05) is 27.5 Å². The molecule has 4 heteroatoms. The number of nitrogens with two attached hydrogens (primary N) is 1. The molecule has 0 saturated carbocycles. The van der Waals surface area contributed by atoms with Gasteiger partial charge in [0.2, 0.25) is 0 Å². The largest absolute Gasteiger partial charge is 0.462 e. The highest BCUT2D eigenvalue weighted by Crippen LogP contribution is 2.31. The summed E-state index contributed by atoms with van der Waals surface area (Å²) in [6.07, 6.45) is 2.52. The highest BCUT2D eigenvalue weighted by molar-refractivity contribution is 9.10. The third-order valence-electron chi connectivity index (χ3n) is 2.09. The van der Waals surface area contributed by atoms with Gasteiger partial charge in [-0.15, -0.1) is 0 Å². The summed E-state index contributed by atoms with van der Waals surface area (Å²) in [6, 6.07) is 3.81. The highest BCUT2D eigenvalue weighted by atomic mass is 79.9. The summed E-state index contributed by atoms with van der Waals surface area (Å²) < 4.78 is 6.33. The molecule has 0 saturated heterocycles. The lowest BCUT2D eigenvalue weighted by Gasteiger charge is -1.97. The molecule has 0 aliphatic carbocycles. The molecule has 2 aromatic rings. The molecule has 2 rings (SSSR count). The molecular formula is C10H9BrClNO. The number of fused-ring (bicyclic) bond motifs is 1. The van der Waals surface area contributed by atoms with E-state index in [1.54, 1.807) is 6.26 Å². The SMILES string of the molecule is NCCc1coc2c(Cl)cc(Br)cc12. The Hall–Kier alpha value is -0.510. The van der Waals surface area contributed by atoms with E-state index in [0.29, 0.717) is 11.6 Å². The van der Waals surface area contributed by atoms with Gasteiger partial charge in [-0.3, -0.25) is 0 Å². The van der Waals surface area contributed by atoms with Gasteiger partial charge in [0.25, 0.3) is 0 Å². The first-order valence-corrected chi connectivity index (χ1v) is 5.44.